The molecule has 10 heteroatoms. The van der Waals surface area contributed by atoms with E-state index in [1.807, 2.05) is 0 Å². The van der Waals surface area contributed by atoms with Crippen LogP contribution in [0.1, 0.15) is 11.4 Å². The largest absolute Gasteiger partial charge is 0.476 e. The highest BCUT2D eigenvalue weighted by atomic mass is 19.4. The quantitative estimate of drug-likeness (QED) is 0.711. The van der Waals surface area contributed by atoms with Crippen molar-refractivity contribution < 1.29 is 22.6 Å². The average Bonchev–Trinajstić information content (AvgIpc) is 3.27. The van der Waals surface area contributed by atoms with Gasteiger partial charge in [-0.05, 0) is 12.5 Å². The highest BCUT2D eigenvalue weighted by Crippen LogP contribution is 2.37. The van der Waals surface area contributed by atoms with E-state index in [4.69, 9.17) is 9.47 Å². The Labute approximate surface area is 162 Å². The standard InChI is InChI=1S/C19H17F3N4O3/c1-10-13(17-24-12(8-28-2)9-29-17)18(27)26-16(23-10)14(11-6-4-3-5-7-11)15(25-26)19(20,21)22/h3-7,12,24H,8-9H2,1-2H3. The molecule has 0 radical (unpaired) electrons. The summed E-state index contributed by atoms with van der Waals surface area (Å²) in [7, 11) is 1.53. The number of hydrogen-bond donors (Lipinski definition) is 1. The van der Waals surface area contributed by atoms with Crippen LogP contribution in [0.5, 0.6) is 0 Å². The Hall–Kier alpha value is -3.14. The first-order valence-electron chi connectivity index (χ1n) is 8.79. The summed E-state index contributed by atoms with van der Waals surface area (Å²) in [4.78, 5) is 17.3. The van der Waals surface area contributed by atoms with Gasteiger partial charge in [0, 0.05) is 7.11 Å². The maximum atomic E-state index is 13.7. The molecule has 0 saturated carbocycles. The van der Waals surface area contributed by atoms with Gasteiger partial charge in [0.1, 0.15) is 11.8 Å². The van der Waals surface area contributed by atoms with Gasteiger partial charge in [-0.3, -0.25) is 4.79 Å². The highest BCUT2D eigenvalue weighted by molar-refractivity contribution is 5.80. The maximum Gasteiger partial charge on any atom is 0.435 e. The van der Waals surface area contributed by atoms with E-state index in [0.29, 0.717) is 11.1 Å². The summed E-state index contributed by atoms with van der Waals surface area (Å²) < 4.78 is 52.3. The van der Waals surface area contributed by atoms with Crippen LogP contribution < -0.4 is 16.1 Å². The van der Waals surface area contributed by atoms with E-state index in [-0.39, 0.29) is 46.2 Å². The molecule has 7 nitrogen and oxygen atoms in total. The Morgan fingerprint density at radius 3 is 2.69 bits per heavy atom. The lowest BCUT2D eigenvalue weighted by atomic mass is 10.1. The minimum Gasteiger partial charge on any atom is -0.476 e. The summed E-state index contributed by atoms with van der Waals surface area (Å²) in [6.07, 6.45) is -4.75. The van der Waals surface area contributed by atoms with E-state index in [1.54, 1.807) is 25.1 Å². The second-order valence-corrected chi connectivity index (χ2v) is 6.64. The molecule has 1 saturated heterocycles. The molecular formula is C19H17F3N4O3. The predicted octanol–water partition coefficient (Wildman–Crippen LogP) is 1.50. The monoisotopic (exact) mass is 406 g/mol. The first-order valence-corrected chi connectivity index (χ1v) is 8.79. The smallest absolute Gasteiger partial charge is 0.435 e. The van der Waals surface area contributed by atoms with E-state index in [1.165, 1.54) is 19.2 Å². The van der Waals surface area contributed by atoms with Crippen molar-refractivity contribution in [3.05, 3.63) is 57.3 Å². The number of methoxy groups -OCH3 is 1. The lowest BCUT2D eigenvalue weighted by molar-refractivity contribution is -0.140. The third-order valence-electron chi connectivity index (χ3n) is 4.59. The summed E-state index contributed by atoms with van der Waals surface area (Å²) in [6.45, 7) is 2.17. The molecule has 1 aliphatic rings. The zero-order chi connectivity index (χ0) is 20.8. The fourth-order valence-corrected chi connectivity index (χ4v) is 3.35. The van der Waals surface area contributed by atoms with E-state index >= 15 is 0 Å². The van der Waals surface area contributed by atoms with Crippen LogP contribution in [0, 0.1) is 6.92 Å². The molecular weight excluding hydrogens is 389 g/mol. The summed E-state index contributed by atoms with van der Waals surface area (Å²) >= 11 is 0. The summed E-state index contributed by atoms with van der Waals surface area (Å²) in [6, 6.07) is 7.78. The number of fused-ring (bicyclic) bond motifs is 1. The average molecular weight is 406 g/mol. The maximum absolute atomic E-state index is 13.7. The molecule has 3 aromatic rings. The van der Waals surface area contributed by atoms with Crippen LogP contribution in [0.15, 0.2) is 35.1 Å². The molecule has 1 aromatic carbocycles. The van der Waals surface area contributed by atoms with Gasteiger partial charge in [0.05, 0.1) is 23.9 Å². The van der Waals surface area contributed by atoms with Crippen molar-refractivity contribution in [2.45, 2.75) is 19.1 Å². The minimum absolute atomic E-state index is 0.0481. The Bertz CT molecular complexity index is 1180. The lowest BCUT2D eigenvalue weighted by Crippen LogP contribution is -2.40. The van der Waals surface area contributed by atoms with Crippen molar-refractivity contribution in [2.75, 3.05) is 20.3 Å². The normalized spacial score (nSPS) is 18.7. The second kappa shape index (κ2) is 7.03. The molecule has 152 valence electrons. The molecule has 0 amide bonds. The number of ether oxygens (including phenoxy) is 2. The molecule has 0 spiro atoms. The Morgan fingerprint density at radius 1 is 1.31 bits per heavy atom. The van der Waals surface area contributed by atoms with E-state index in [9.17, 15) is 18.0 Å². The second-order valence-electron chi connectivity index (χ2n) is 6.64. The molecule has 1 aliphatic heterocycles. The van der Waals surface area contributed by atoms with E-state index in [2.05, 4.69) is 15.4 Å². The summed E-state index contributed by atoms with van der Waals surface area (Å²) in [5.41, 5.74) is -1.76. The number of hydrogen-bond acceptors (Lipinski definition) is 6. The number of rotatable bonds is 3. The summed E-state index contributed by atoms with van der Waals surface area (Å²) in [5, 5.41) is 6.64. The number of nitrogens with zero attached hydrogens (tertiary/aromatic N) is 3. The molecule has 0 bridgehead atoms. The van der Waals surface area contributed by atoms with Gasteiger partial charge in [0.25, 0.3) is 5.56 Å². The van der Waals surface area contributed by atoms with E-state index in [0.717, 1.165) is 0 Å². The first kappa shape index (κ1) is 19.2. The van der Waals surface area contributed by atoms with Crippen LogP contribution in [0.4, 0.5) is 13.2 Å². The van der Waals surface area contributed by atoms with Gasteiger partial charge < -0.3 is 14.8 Å². The first-order chi connectivity index (χ1) is 13.8. The fourth-order valence-electron chi connectivity index (χ4n) is 3.35. The number of aromatic nitrogens is 3. The SMILES string of the molecule is COCC1COC(=c2c(C)nc3c(-c4ccccc4)c(C(F)(F)F)nn3c2=O)N1. The molecule has 1 N–H and O–H groups in total. The molecule has 1 atom stereocenters. The molecule has 29 heavy (non-hydrogen) atoms. The number of benzene rings is 1. The Kier molecular flexibility index (Phi) is 4.65. The topological polar surface area (TPSA) is 77.8 Å². The lowest BCUT2D eigenvalue weighted by Gasteiger charge is -2.06. The van der Waals surface area contributed by atoms with Crippen molar-refractivity contribution in [3.8, 4) is 11.1 Å². The number of halogens is 3. The third-order valence-corrected chi connectivity index (χ3v) is 4.59. The van der Waals surface area contributed by atoms with Crippen molar-refractivity contribution in [2.24, 2.45) is 0 Å². The highest BCUT2D eigenvalue weighted by Gasteiger charge is 2.39. The fraction of sp³-hybridized carbons (Fsp3) is 0.316. The van der Waals surface area contributed by atoms with Crippen LogP contribution >= 0.6 is 0 Å². The Morgan fingerprint density at radius 2 is 2.03 bits per heavy atom. The van der Waals surface area contributed by atoms with Gasteiger partial charge in [-0.15, -0.1) is 0 Å². The number of aryl methyl sites for hydroxylation is 1. The molecule has 4 rings (SSSR count). The van der Waals surface area contributed by atoms with Gasteiger partial charge in [0.2, 0.25) is 5.88 Å². The van der Waals surface area contributed by atoms with Gasteiger partial charge in [-0.25, -0.2) is 4.98 Å². The Balaban J connectivity index is 2.01. The van der Waals surface area contributed by atoms with Gasteiger partial charge in [-0.1, -0.05) is 30.3 Å². The molecule has 2 aromatic heterocycles. The number of nitrogens with one attached hydrogen (secondary N) is 1. The van der Waals surface area contributed by atoms with E-state index < -0.39 is 17.4 Å². The molecule has 1 fully saturated rings. The zero-order valence-electron chi connectivity index (χ0n) is 15.6. The van der Waals surface area contributed by atoms with Crippen LogP contribution in [-0.2, 0) is 15.7 Å². The van der Waals surface area contributed by atoms with Crippen molar-refractivity contribution >= 4 is 11.5 Å². The minimum atomic E-state index is -4.75. The van der Waals surface area contributed by atoms with Crippen LogP contribution in [-0.4, -0.2) is 41.0 Å². The predicted molar refractivity (Wildman–Crippen MR) is 97.8 cm³/mol. The molecule has 3 heterocycles. The van der Waals surface area contributed by atoms with Gasteiger partial charge in [-0.2, -0.15) is 22.8 Å². The van der Waals surface area contributed by atoms with Crippen LogP contribution in [0.3, 0.4) is 0 Å². The molecule has 1 unspecified atom stereocenters. The van der Waals surface area contributed by atoms with Crippen LogP contribution in [0.2, 0.25) is 0 Å². The van der Waals surface area contributed by atoms with Crippen LogP contribution in [0.25, 0.3) is 22.7 Å². The summed E-state index contributed by atoms with van der Waals surface area (Å²) in [5.74, 6) is 0.161. The molecule has 0 aliphatic carbocycles. The van der Waals surface area contributed by atoms with Gasteiger partial charge in [0.15, 0.2) is 11.3 Å². The van der Waals surface area contributed by atoms with Gasteiger partial charge >= 0.3 is 6.18 Å². The zero-order valence-corrected chi connectivity index (χ0v) is 15.6. The third kappa shape index (κ3) is 3.29. The van der Waals surface area contributed by atoms with Crippen molar-refractivity contribution in [1.29, 1.82) is 0 Å². The number of alkyl halides is 3. The van der Waals surface area contributed by atoms with Crippen molar-refractivity contribution in [3.63, 3.8) is 0 Å². The van der Waals surface area contributed by atoms with Crippen molar-refractivity contribution in [1.82, 2.24) is 19.9 Å².